The summed E-state index contributed by atoms with van der Waals surface area (Å²) < 4.78 is 0. The van der Waals surface area contributed by atoms with E-state index in [4.69, 9.17) is 0 Å². The molecule has 0 amide bonds. The first kappa shape index (κ1) is 10.4. The van der Waals surface area contributed by atoms with Gasteiger partial charge >= 0.3 is 0 Å². The van der Waals surface area contributed by atoms with Crippen LogP contribution in [-0.2, 0) is 6.42 Å². The molecule has 0 N–H and O–H groups in total. The highest BCUT2D eigenvalue weighted by Crippen LogP contribution is 2.15. The van der Waals surface area contributed by atoms with Crippen LogP contribution in [0.1, 0.15) is 18.4 Å². The van der Waals surface area contributed by atoms with E-state index >= 15 is 0 Å². The van der Waals surface area contributed by atoms with Crippen LogP contribution in [0, 0.1) is 0 Å². The minimum absolute atomic E-state index is 1.12. The molecule has 0 fully saturated rings. The summed E-state index contributed by atoms with van der Waals surface area (Å²) in [5, 5.41) is 0. The molecule has 0 unspecified atom stereocenters. The van der Waals surface area contributed by atoms with E-state index in [2.05, 4.69) is 37.1 Å². The number of unbranched alkanes of at least 4 members (excludes halogenated alkanes) is 1. The molecule has 13 heavy (non-hydrogen) atoms. The lowest BCUT2D eigenvalue weighted by atomic mass is 10.1. The Hall–Kier alpha value is -0.690. The monoisotopic (exact) mass is 192 g/mol. The smallest absolute Gasteiger partial charge is 0.00693 e. The van der Waals surface area contributed by atoms with Crippen molar-refractivity contribution in [3.8, 4) is 0 Å². The number of rotatable bonds is 5. The average molecular weight is 192 g/mol. The summed E-state index contributed by atoms with van der Waals surface area (Å²) in [5.74, 6) is 0. The van der Waals surface area contributed by atoms with E-state index in [0.717, 1.165) is 6.42 Å². The standard InChI is InChI=1S/C12H16S/c1-3-4-5-6-11-7-9-12(13-2)10-8-11/h3,7-10H,1,4-6H2,2H3. The van der Waals surface area contributed by atoms with Crippen LogP contribution in [0.5, 0.6) is 0 Å². The number of allylic oxidation sites excluding steroid dienone is 1. The Morgan fingerprint density at radius 2 is 2.00 bits per heavy atom. The van der Waals surface area contributed by atoms with Gasteiger partial charge in [0.15, 0.2) is 0 Å². The van der Waals surface area contributed by atoms with Crippen molar-refractivity contribution in [1.82, 2.24) is 0 Å². The van der Waals surface area contributed by atoms with Gasteiger partial charge in [0, 0.05) is 4.90 Å². The van der Waals surface area contributed by atoms with E-state index in [9.17, 15) is 0 Å². The number of hydrogen-bond donors (Lipinski definition) is 0. The van der Waals surface area contributed by atoms with Crippen LogP contribution in [0.2, 0.25) is 0 Å². The normalized spacial score (nSPS) is 9.92. The summed E-state index contributed by atoms with van der Waals surface area (Å²) in [6.07, 6.45) is 7.58. The topological polar surface area (TPSA) is 0 Å². The maximum Gasteiger partial charge on any atom is 0.00693 e. The molecular weight excluding hydrogens is 176 g/mol. The van der Waals surface area contributed by atoms with Gasteiger partial charge in [-0.15, -0.1) is 18.3 Å². The first-order chi connectivity index (χ1) is 6.36. The van der Waals surface area contributed by atoms with Gasteiger partial charge in [0.1, 0.15) is 0 Å². The van der Waals surface area contributed by atoms with E-state index in [0.29, 0.717) is 0 Å². The van der Waals surface area contributed by atoms with Gasteiger partial charge in [-0.2, -0.15) is 0 Å². The largest absolute Gasteiger partial charge is 0.130 e. The summed E-state index contributed by atoms with van der Waals surface area (Å²) >= 11 is 1.79. The molecule has 0 spiro atoms. The molecule has 1 aromatic carbocycles. The third-order valence-corrected chi connectivity index (χ3v) is 2.78. The predicted molar refractivity (Wildman–Crippen MR) is 61.4 cm³/mol. The van der Waals surface area contributed by atoms with E-state index in [1.807, 2.05) is 6.08 Å². The average Bonchev–Trinajstić information content (AvgIpc) is 2.19. The Kier molecular flexibility index (Phi) is 4.69. The van der Waals surface area contributed by atoms with E-state index in [-0.39, 0.29) is 0 Å². The van der Waals surface area contributed by atoms with Crippen LogP contribution in [0.3, 0.4) is 0 Å². The van der Waals surface area contributed by atoms with Gasteiger partial charge in [-0.1, -0.05) is 18.2 Å². The van der Waals surface area contributed by atoms with Crippen molar-refractivity contribution < 1.29 is 0 Å². The highest BCUT2D eigenvalue weighted by atomic mass is 32.2. The molecule has 0 heterocycles. The molecule has 0 aliphatic heterocycles. The summed E-state index contributed by atoms with van der Waals surface area (Å²) in [6, 6.07) is 8.81. The van der Waals surface area contributed by atoms with Gasteiger partial charge < -0.3 is 0 Å². The van der Waals surface area contributed by atoms with E-state index < -0.39 is 0 Å². The van der Waals surface area contributed by atoms with Gasteiger partial charge in [-0.25, -0.2) is 0 Å². The Morgan fingerprint density at radius 3 is 2.54 bits per heavy atom. The Morgan fingerprint density at radius 1 is 1.31 bits per heavy atom. The van der Waals surface area contributed by atoms with Crippen LogP contribution in [0.15, 0.2) is 41.8 Å². The van der Waals surface area contributed by atoms with E-state index in [1.165, 1.54) is 23.3 Å². The van der Waals surface area contributed by atoms with Gasteiger partial charge in [0.2, 0.25) is 0 Å². The van der Waals surface area contributed by atoms with Crippen molar-refractivity contribution in [2.75, 3.05) is 6.26 Å². The molecule has 0 saturated carbocycles. The molecule has 0 atom stereocenters. The third-order valence-electron chi connectivity index (χ3n) is 2.03. The van der Waals surface area contributed by atoms with Crippen LogP contribution >= 0.6 is 11.8 Å². The number of thioether (sulfide) groups is 1. The van der Waals surface area contributed by atoms with Crippen LogP contribution in [-0.4, -0.2) is 6.26 Å². The lowest BCUT2D eigenvalue weighted by Gasteiger charge is -2.00. The molecule has 0 saturated heterocycles. The molecule has 1 rings (SSSR count). The van der Waals surface area contributed by atoms with Crippen molar-refractivity contribution in [3.05, 3.63) is 42.5 Å². The summed E-state index contributed by atoms with van der Waals surface area (Å²) in [4.78, 5) is 1.34. The first-order valence-electron chi connectivity index (χ1n) is 4.60. The van der Waals surface area contributed by atoms with Gasteiger partial charge in [-0.3, -0.25) is 0 Å². The molecule has 0 aliphatic carbocycles. The highest BCUT2D eigenvalue weighted by Gasteiger charge is 1.92. The fourth-order valence-electron chi connectivity index (χ4n) is 1.24. The first-order valence-corrected chi connectivity index (χ1v) is 5.83. The quantitative estimate of drug-likeness (QED) is 0.387. The van der Waals surface area contributed by atoms with Gasteiger partial charge in [-0.05, 0) is 43.2 Å². The second-order valence-corrected chi connectivity index (χ2v) is 3.91. The zero-order chi connectivity index (χ0) is 9.52. The Bertz CT molecular complexity index is 248. The molecule has 0 aromatic heterocycles. The van der Waals surface area contributed by atoms with Crippen molar-refractivity contribution >= 4 is 11.8 Å². The lowest BCUT2D eigenvalue weighted by Crippen LogP contribution is -1.83. The molecule has 0 aliphatic rings. The van der Waals surface area contributed by atoms with E-state index in [1.54, 1.807) is 11.8 Å². The highest BCUT2D eigenvalue weighted by molar-refractivity contribution is 7.98. The fraction of sp³-hybridized carbons (Fsp3) is 0.333. The number of hydrogen-bond acceptors (Lipinski definition) is 1. The van der Waals surface area contributed by atoms with Crippen LogP contribution < -0.4 is 0 Å². The zero-order valence-corrected chi connectivity index (χ0v) is 8.94. The second kappa shape index (κ2) is 5.87. The van der Waals surface area contributed by atoms with Crippen molar-refractivity contribution in [3.63, 3.8) is 0 Å². The Balaban J connectivity index is 2.44. The predicted octanol–water partition coefficient (Wildman–Crippen LogP) is 3.92. The molecule has 0 bridgehead atoms. The second-order valence-electron chi connectivity index (χ2n) is 3.03. The summed E-state index contributed by atoms with van der Waals surface area (Å²) in [6.45, 7) is 3.72. The molecule has 1 aromatic rings. The maximum atomic E-state index is 3.72. The molecule has 1 heteroatoms. The van der Waals surface area contributed by atoms with Crippen LogP contribution in [0.25, 0.3) is 0 Å². The lowest BCUT2D eigenvalue weighted by molar-refractivity contribution is 0.843. The third kappa shape index (κ3) is 3.69. The number of aryl methyl sites for hydroxylation is 1. The SMILES string of the molecule is C=CCCCc1ccc(SC)cc1. The minimum atomic E-state index is 1.12. The number of benzene rings is 1. The van der Waals surface area contributed by atoms with Gasteiger partial charge in [0.25, 0.3) is 0 Å². The minimum Gasteiger partial charge on any atom is -0.130 e. The molecular formula is C12H16S. The summed E-state index contributed by atoms with van der Waals surface area (Å²) in [7, 11) is 0. The molecule has 70 valence electrons. The Labute approximate surface area is 85.1 Å². The van der Waals surface area contributed by atoms with Crippen molar-refractivity contribution in [2.24, 2.45) is 0 Å². The fourth-order valence-corrected chi connectivity index (χ4v) is 1.65. The molecule has 0 nitrogen and oxygen atoms in total. The zero-order valence-electron chi connectivity index (χ0n) is 8.12. The van der Waals surface area contributed by atoms with Gasteiger partial charge in [0.05, 0.1) is 0 Å². The van der Waals surface area contributed by atoms with Crippen molar-refractivity contribution in [2.45, 2.75) is 24.2 Å². The summed E-state index contributed by atoms with van der Waals surface area (Å²) in [5.41, 5.74) is 1.43. The van der Waals surface area contributed by atoms with Crippen LogP contribution in [0.4, 0.5) is 0 Å². The maximum absolute atomic E-state index is 3.72. The molecule has 0 radical (unpaired) electrons. The van der Waals surface area contributed by atoms with Crippen molar-refractivity contribution in [1.29, 1.82) is 0 Å².